The molecule has 1 heterocycles. The van der Waals surface area contributed by atoms with Crippen LogP contribution in [-0.2, 0) is 4.79 Å². The van der Waals surface area contributed by atoms with Crippen molar-refractivity contribution in [3.8, 4) is 0 Å². The zero-order chi connectivity index (χ0) is 13.7. The number of carbonyl (C=O) groups is 1. The molecule has 1 saturated carbocycles. The van der Waals surface area contributed by atoms with Crippen molar-refractivity contribution >= 4 is 5.91 Å². The van der Waals surface area contributed by atoms with Crippen LogP contribution in [0.3, 0.4) is 0 Å². The molecule has 2 unspecified atom stereocenters. The molecule has 2 atom stereocenters. The van der Waals surface area contributed by atoms with Crippen molar-refractivity contribution in [2.24, 2.45) is 0 Å². The van der Waals surface area contributed by atoms with Gasteiger partial charge in [-0.1, -0.05) is 25.7 Å². The minimum Gasteiger partial charge on any atom is -0.395 e. The largest absolute Gasteiger partial charge is 0.395 e. The quantitative estimate of drug-likeness (QED) is 0.815. The van der Waals surface area contributed by atoms with Crippen molar-refractivity contribution in [2.75, 3.05) is 13.2 Å². The Kier molecular flexibility index (Phi) is 5.64. The molecule has 0 bridgehead atoms. The molecule has 1 aliphatic heterocycles. The van der Waals surface area contributed by atoms with Gasteiger partial charge in [-0.15, -0.1) is 0 Å². The van der Waals surface area contributed by atoms with Crippen molar-refractivity contribution in [2.45, 2.75) is 76.4 Å². The number of piperidine rings is 1. The number of rotatable bonds is 4. The van der Waals surface area contributed by atoms with Gasteiger partial charge >= 0.3 is 0 Å². The van der Waals surface area contributed by atoms with E-state index in [1.54, 1.807) is 0 Å². The van der Waals surface area contributed by atoms with E-state index in [2.05, 4.69) is 10.2 Å². The molecule has 1 amide bonds. The van der Waals surface area contributed by atoms with Crippen LogP contribution in [0.2, 0.25) is 0 Å². The van der Waals surface area contributed by atoms with Crippen molar-refractivity contribution in [3.05, 3.63) is 0 Å². The van der Waals surface area contributed by atoms with Gasteiger partial charge in [-0.2, -0.15) is 0 Å². The summed E-state index contributed by atoms with van der Waals surface area (Å²) in [5.74, 6) is 0.146. The van der Waals surface area contributed by atoms with E-state index in [1.807, 2.05) is 6.92 Å². The molecule has 2 aliphatic rings. The van der Waals surface area contributed by atoms with E-state index in [0.29, 0.717) is 6.04 Å². The topological polar surface area (TPSA) is 52.6 Å². The molecule has 0 aromatic heterocycles. The molecule has 0 aromatic rings. The summed E-state index contributed by atoms with van der Waals surface area (Å²) in [6.45, 7) is 3.08. The van der Waals surface area contributed by atoms with Crippen LogP contribution in [0.25, 0.3) is 0 Å². The highest BCUT2D eigenvalue weighted by Gasteiger charge is 2.30. The number of nitrogens with one attached hydrogen (secondary N) is 1. The van der Waals surface area contributed by atoms with Crippen molar-refractivity contribution in [1.82, 2.24) is 10.2 Å². The summed E-state index contributed by atoms with van der Waals surface area (Å²) in [4.78, 5) is 14.5. The van der Waals surface area contributed by atoms with E-state index in [9.17, 15) is 9.90 Å². The molecule has 1 aliphatic carbocycles. The first-order chi connectivity index (χ1) is 9.22. The third-order valence-corrected chi connectivity index (χ3v) is 4.71. The molecule has 0 aromatic carbocycles. The molecule has 0 spiro atoms. The van der Waals surface area contributed by atoms with Crippen LogP contribution in [0.5, 0.6) is 0 Å². The minimum absolute atomic E-state index is 0.112. The highest BCUT2D eigenvalue weighted by atomic mass is 16.3. The van der Waals surface area contributed by atoms with Gasteiger partial charge in [-0.05, 0) is 39.2 Å². The van der Waals surface area contributed by atoms with Crippen LogP contribution < -0.4 is 5.32 Å². The van der Waals surface area contributed by atoms with E-state index < -0.39 is 0 Å². The minimum atomic E-state index is -0.112. The Hall–Kier alpha value is -0.610. The summed E-state index contributed by atoms with van der Waals surface area (Å²) in [6.07, 6.45) is 9.35. The van der Waals surface area contributed by atoms with Crippen molar-refractivity contribution < 1.29 is 9.90 Å². The van der Waals surface area contributed by atoms with Gasteiger partial charge in [-0.25, -0.2) is 0 Å². The molecular weight excluding hydrogens is 240 g/mol. The molecule has 1 saturated heterocycles. The number of hydrogen-bond acceptors (Lipinski definition) is 3. The average Bonchev–Trinajstić information content (AvgIpc) is 2.47. The van der Waals surface area contributed by atoms with Gasteiger partial charge in [0.2, 0.25) is 5.91 Å². The molecule has 2 rings (SSSR count). The van der Waals surface area contributed by atoms with Crippen molar-refractivity contribution in [3.63, 3.8) is 0 Å². The second kappa shape index (κ2) is 7.25. The number of hydrogen-bond donors (Lipinski definition) is 2. The molecule has 4 nitrogen and oxygen atoms in total. The van der Waals surface area contributed by atoms with Crippen LogP contribution in [0, 0.1) is 0 Å². The Morgan fingerprint density at radius 2 is 1.89 bits per heavy atom. The van der Waals surface area contributed by atoms with Gasteiger partial charge in [0.05, 0.1) is 12.6 Å². The number of aliphatic hydroxyl groups is 1. The Morgan fingerprint density at radius 3 is 2.58 bits per heavy atom. The van der Waals surface area contributed by atoms with Crippen LogP contribution in [0.15, 0.2) is 0 Å². The molecule has 2 N–H and O–H groups in total. The Morgan fingerprint density at radius 1 is 1.21 bits per heavy atom. The van der Waals surface area contributed by atoms with E-state index in [1.165, 1.54) is 25.7 Å². The van der Waals surface area contributed by atoms with E-state index >= 15 is 0 Å². The second-order valence-corrected chi connectivity index (χ2v) is 6.09. The predicted octanol–water partition coefficient (Wildman–Crippen LogP) is 1.67. The fourth-order valence-electron chi connectivity index (χ4n) is 3.45. The summed E-state index contributed by atoms with van der Waals surface area (Å²) < 4.78 is 0. The number of likely N-dealkylation sites (tertiary alicyclic amines) is 1. The Bertz CT molecular complexity index is 290. The SMILES string of the molecule is CC(C(=O)NC1CCCCC1)N1CCCCC1CO. The lowest BCUT2D eigenvalue weighted by Crippen LogP contribution is -2.54. The first-order valence-electron chi connectivity index (χ1n) is 7.89. The van der Waals surface area contributed by atoms with Gasteiger partial charge in [-0.3, -0.25) is 9.69 Å². The maximum Gasteiger partial charge on any atom is 0.237 e. The predicted molar refractivity (Wildman–Crippen MR) is 75.9 cm³/mol. The molecule has 2 fully saturated rings. The van der Waals surface area contributed by atoms with Gasteiger partial charge < -0.3 is 10.4 Å². The number of aliphatic hydroxyl groups excluding tert-OH is 1. The maximum atomic E-state index is 12.3. The zero-order valence-electron chi connectivity index (χ0n) is 12.1. The van der Waals surface area contributed by atoms with E-state index in [0.717, 1.165) is 32.2 Å². The van der Waals surface area contributed by atoms with Crippen LogP contribution >= 0.6 is 0 Å². The van der Waals surface area contributed by atoms with Crippen LogP contribution in [-0.4, -0.2) is 47.2 Å². The fraction of sp³-hybridized carbons (Fsp3) is 0.933. The summed E-state index contributed by atoms with van der Waals surface area (Å²) in [7, 11) is 0. The van der Waals surface area contributed by atoms with Gasteiger partial charge in [0.25, 0.3) is 0 Å². The molecule has 0 radical (unpaired) electrons. The smallest absolute Gasteiger partial charge is 0.237 e. The second-order valence-electron chi connectivity index (χ2n) is 6.09. The third-order valence-electron chi connectivity index (χ3n) is 4.71. The number of nitrogens with zero attached hydrogens (tertiary/aromatic N) is 1. The number of carbonyl (C=O) groups excluding carboxylic acids is 1. The van der Waals surface area contributed by atoms with Gasteiger partial charge in [0.1, 0.15) is 0 Å². The van der Waals surface area contributed by atoms with E-state index in [-0.39, 0.29) is 24.6 Å². The lowest BCUT2D eigenvalue weighted by molar-refractivity contribution is -0.128. The molecular formula is C15H28N2O2. The third kappa shape index (κ3) is 3.93. The number of amides is 1. The Balaban J connectivity index is 1.86. The van der Waals surface area contributed by atoms with Crippen LogP contribution in [0.4, 0.5) is 0 Å². The fourth-order valence-corrected chi connectivity index (χ4v) is 3.45. The lowest BCUT2D eigenvalue weighted by atomic mass is 9.95. The van der Waals surface area contributed by atoms with E-state index in [4.69, 9.17) is 0 Å². The normalized spacial score (nSPS) is 28.0. The first kappa shape index (κ1) is 14.8. The first-order valence-corrected chi connectivity index (χ1v) is 7.89. The highest BCUT2D eigenvalue weighted by molar-refractivity contribution is 5.81. The maximum absolute atomic E-state index is 12.3. The molecule has 19 heavy (non-hydrogen) atoms. The zero-order valence-corrected chi connectivity index (χ0v) is 12.1. The molecule has 110 valence electrons. The average molecular weight is 268 g/mol. The molecule has 4 heteroatoms. The van der Waals surface area contributed by atoms with Gasteiger partial charge in [0.15, 0.2) is 0 Å². The summed E-state index contributed by atoms with van der Waals surface area (Å²) >= 11 is 0. The standard InChI is InChI=1S/C15H28N2O2/c1-12(17-10-6-5-9-14(17)11-18)15(19)16-13-7-3-2-4-8-13/h12-14,18H,2-11H2,1H3,(H,16,19). The van der Waals surface area contributed by atoms with Crippen LogP contribution in [0.1, 0.15) is 58.3 Å². The van der Waals surface area contributed by atoms with Gasteiger partial charge in [0, 0.05) is 12.1 Å². The monoisotopic (exact) mass is 268 g/mol. The summed E-state index contributed by atoms with van der Waals surface area (Å²) in [6, 6.07) is 0.432. The Labute approximate surface area is 116 Å². The summed E-state index contributed by atoms with van der Waals surface area (Å²) in [5, 5.41) is 12.6. The van der Waals surface area contributed by atoms with Crippen molar-refractivity contribution in [1.29, 1.82) is 0 Å². The highest BCUT2D eigenvalue weighted by Crippen LogP contribution is 2.21. The lowest BCUT2D eigenvalue weighted by Gasteiger charge is -2.38. The summed E-state index contributed by atoms with van der Waals surface area (Å²) in [5.41, 5.74) is 0.